The van der Waals surface area contributed by atoms with Gasteiger partial charge in [0.1, 0.15) is 11.4 Å². The summed E-state index contributed by atoms with van der Waals surface area (Å²) in [5.74, 6) is 1.23. The van der Waals surface area contributed by atoms with Crippen molar-refractivity contribution >= 4 is 5.95 Å². The van der Waals surface area contributed by atoms with E-state index < -0.39 is 0 Å². The molecule has 146 valence electrons. The molecule has 0 aliphatic carbocycles. The lowest BCUT2D eigenvalue weighted by Gasteiger charge is -2.26. The van der Waals surface area contributed by atoms with Gasteiger partial charge in [0.05, 0.1) is 19.8 Å². The Morgan fingerprint density at radius 1 is 1.22 bits per heavy atom. The minimum atomic E-state index is -0.213. The zero-order chi connectivity index (χ0) is 18.9. The fourth-order valence-electron chi connectivity index (χ4n) is 2.95. The average molecular weight is 373 g/mol. The van der Waals surface area contributed by atoms with Crippen molar-refractivity contribution in [2.75, 3.05) is 51.3 Å². The molecular formula is C19H27N5O3. The molecule has 1 aromatic carbocycles. The van der Waals surface area contributed by atoms with Crippen LogP contribution in [0.15, 0.2) is 29.1 Å². The Bertz CT molecular complexity index is 757. The van der Waals surface area contributed by atoms with E-state index in [1.807, 2.05) is 31.2 Å². The van der Waals surface area contributed by atoms with Crippen molar-refractivity contribution < 1.29 is 9.47 Å². The Labute approximate surface area is 158 Å². The maximum Gasteiger partial charge on any atom is 0.274 e. The van der Waals surface area contributed by atoms with Gasteiger partial charge < -0.3 is 14.8 Å². The van der Waals surface area contributed by atoms with Crippen LogP contribution in [-0.2, 0) is 11.2 Å². The van der Waals surface area contributed by atoms with Crippen LogP contribution in [0.25, 0.3) is 0 Å². The lowest BCUT2D eigenvalue weighted by Crippen LogP contribution is -2.37. The number of rotatable bonds is 9. The first-order valence-electron chi connectivity index (χ1n) is 9.46. The second kappa shape index (κ2) is 10.0. The van der Waals surface area contributed by atoms with Crippen molar-refractivity contribution in [3.05, 3.63) is 45.9 Å². The van der Waals surface area contributed by atoms with Crippen molar-refractivity contribution in [2.24, 2.45) is 0 Å². The number of nitrogens with zero attached hydrogens (tertiary/aromatic N) is 3. The lowest BCUT2D eigenvalue weighted by atomic mass is 10.1. The molecule has 0 atom stereocenters. The molecule has 3 rings (SSSR count). The third-order valence-corrected chi connectivity index (χ3v) is 4.42. The first kappa shape index (κ1) is 19.3. The van der Waals surface area contributed by atoms with E-state index >= 15 is 0 Å². The van der Waals surface area contributed by atoms with Crippen LogP contribution < -0.4 is 15.6 Å². The van der Waals surface area contributed by atoms with Crippen LogP contribution in [0, 0.1) is 0 Å². The minimum Gasteiger partial charge on any atom is -0.494 e. The summed E-state index contributed by atoms with van der Waals surface area (Å²) in [6.45, 7) is 7.90. The fraction of sp³-hybridized carbons (Fsp3) is 0.526. The van der Waals surface area contributed by atoms with Gasteiger partial charge in [-0.3, -0.25) is 14.7 Å². The molecule has 0 saturated carbocycles. The van der Waals surface area contributed by atoms with Crippen LogP contribution in [0.1, 0.15) is 24.6 Å². The predicted molar refractivity (Wildman–Crippen MR) is 103 cm³/mol. The molecule has 2 aromatic rings. The second-order valence-electron chi connectivity index (χ2n) is 6.44. The highest BCUT2D eigenvalue weighted by Crippen LogP contribution is 2.13. The Balaban J connectivity index is 1.47. The third kappa shape index (κ3) is 6.04. The summed E-state index contributed by atoms with van der Waals surface area (Å²) >= 11 is 0. The quantitative estimate of drug-likeness (QED) is 0.640. The van der Waals surface area contributed by atoms with Crippen LogP contribution in [0.3, 0.4) is 0 Å². The molecule has 0 unspecified atom stereocenters. The molecular weight excluding hydrogens is 346 g/mol. The number of hydrogen-bond donors (Lipinski definition) is 2. The predicted octanol–water partition coefficient (Wildman–Crippen LogP) is 1.29. The molecule has 0 amide bonds. The molecule has 1 aliphatic heterocycles. The molecule has 2 heterocycles. The number of nitrogens with one attached hydrogen (secondary N) is 2. The van der Waals surface area contributed by atoms with Crippen LogP contribution in [0.2, 0.25) is 0 Å². The van der Waals surface area contributed by atoms with E-state index in [1.165, 1.54) is 0 Å². The van der Waals surface area contributed by atoms with Crippen molar-refractivity contribution in [1.82, 2.24) is 20.1 Å². The SMILES string of the molecule is CCOc1ccc(Cc2nnc(NCCCN3CCOCC3)[nH]c2=O)cc1. The van der Waals surface area contributed by atoms with Crippen LogP contribution in [0.5, 0.6) is 5.75 Å². The monoisotopic (exact) mass is 373 g/mol. The summed E-state index contributed by atoms with van der Waals surface area (Å²) < 4.78 is 10.8. The zero-order valence-corrected chi connectivity index (χ0v) is 15.7. The van der Waals surface area contributed by atoms with Gasteiger partial charge in [0.25, 0.3) is 5.56 Å². The molecule has 2 N–H and O–H groups in total. The number of benzene rings is 1. The topological polar surface area (TPSA) is 92.4 Å². The van der Waals surface area contributed by atoms with E-state index in [9.17, 15) is 4.79 Å². The highest BCUT2D eigenvalue weighted by atomic mass is 16.5. The standard InChI is InChI=1S/C19H27N5O3/c1-2-27-16-6-4-15(5-7-16)14-17-18(25)21-19(23-22-17)20-8-3-9-24-10-12-26-13-11-24/h4-7H,2-3,8-14H2,1H3,(H2,20,21,23,25). The number of morpholine rings is 1. The Morgan fingerprint density at radius 3 is 2.70 bits per heavy atom. The number of hydrogen-bond acceptors (Lipinski definition) is 7. The Kier molecular flexibility index (Phi) is 7.18. The molecule has 1 fully saturated rings. The van der Waals surface area contributed by atoms with Gasteiger partial charge in [0.15, 0.2) is 0 Å². The van der Waals surface area contributed by atoms with Crippen molar-refractivity contribution in [3.63, 3.8) is 0 Å². The lowest BCUT2D eigenvalue weighted by molar-refractivity contribution is 0.0378. The summed E-state index contributed by atoms with van der Waals surface area (Å²) in [6, 6.07) is 7.66. The fourth-order valence-corrected chi connectivity index (χ4v) is 2.95. The summed E-state index contributed by atoms with van der Waals surface area (Å²) in [4.78, 5) is 17.4. The largest absolute Gasteiger partial charge is 0.494 e. The normalized spacial score (nSPS) is 14.9. The van der Waals surface area contributed by atoms with Gasteiger partial charge in [-0.25, -0.2) is 0 Å². The molecule has 0 spiro atoms. The number of aromatic nitrogens is 3. The van der Waals surface area contributed by atoms with Gasteiger partial charge in [0.2, 0.25) is 5.95 Å². The van der Waals surface area contributed by atoms with E-state index in [-0.39, 0.29) is 5.56 Å². The highest BCUT2D eigenvalue weighted by molar-refractivity contribution is 5.30. The summed E-state index contributed by atoms with van der Waals surface area (Å²) in [5.41, 5.74) is 1.18. The van der Waals surface area contributed by atoms with Crippen molar-refractivity contribution in [3.8, 4) is 5.75 Å². The number of anilines is 1. The highest BCUT2D eigenvalue weighted by Gasteiger charge is 2.10. The number of aromatic amines is 1. The summed E-state index contributed by atoms with van der Waals surface area (Å²) in [6.07, 6.45) is 1.41. The van der Waals surface area contributed by atoms with Gasteiger partial charge in [-0.15, -0.1) is 10.2 Å². The van der Waals surface area contributed by atoms with Gasteiger partial charge >= 0.3 is 0 Å². The molecule has 8 nitrogen and oxygen atoms in total. The van der Waals surface area contributed by atoms with Crippen LogP contribution in [-0.4, -0.2) is 66.1 Å². The van der Waals surface area contributed by atoms with Crippen molar-refractivity contribution in [2.45, 2.75) is 19.8 Å². The van der Waals surface area contributed by atoms with Gasteiger partial charge in [-0.1, -0.05) is 12.1 Å². The second-order valence-corrected chi connectivity index (χ2v) is 6.44. The first-order chi connectivity index (χ1) is 13.2. The van der Waals surface area contributed by atoms with E-state index in [2.05, 4.69) is 25.4 Å². The Morgan fingerprint density at radius 2 is 2.00 bits per heavy atom. The number of H-pyrrole nitrogens is 1. The van der Waals surface area contributed by atoms with Crippen LogP contribution in [0.4, 0.5) is 5.95 Å². The number of ether oxygens (including phenoxy) is 2. The molecule has 0 radical (unpaired) electrons. The van der Waals surface area contributed by atoms with Crippen molar-refractivity contribution in [1.29, 1.82) is 0 Å². The smallest absolute Gasteiger partial charge is 0.274 e. The van der Waals surface area contributed by atoms with Crippen LogP contribution >= 0.6 is 0 Å². The third-order valence-electron chi connectivity index (χ3n) is 4.42. The Hall–Kier alpha value is -2.45. The van der Waals surface area contributed by atoms with Gasteiger partial charge in [0, 0.05) is 26.1 Å². The molecule has 1 saturated heterocycles. The van der Waals surface area contributed by atoms with E-state index in [1.54, 1.807) is 0 Å². The molecule has 1 aromatic heterocycles. The average Bonchev–Trinajstić information content (AvgIpc) is 2.70. The maximum atomic E-state index is 12.2. The molecule has 8 heteroatoms. The molecule has 0 bridgehead atoms. The summed E-state index contributed by atoms with van der Waals surface area (Å²) in [5, 5.41) is 11.3. The van der Waals surface area contributed by atoms with E-state index in [0.29, 0.717) is 24.7 Å². The van der Waals surface area contributed by atoms with Gasteiger partial charge in [-0.05, 0) is 37.6 Å². The van der Waals surface area contributed by atoms with E-state index in [0.717, 1.165) is 57.1 Å². The first-order valence-corrected chi connectivity index (χ1v) is 9.46. The van der Waals surface area contributed by atoms with E-state index in [4.69, 9.17) is 9.47 Å². The molecule has 1 aliphatic rings. The van der Waals surface area contributed by atoms with Gasteiger partial charge in [-0.2, -0.15) is 0 Å². The summed E-state index contributed by atoms with van der Waals surface area (Å²) in [7, 11) is 0. The maximum absolute atomic E-state index is 12.2. The minimum absolute atomic E-state index is 0.213. The molecule has 27 heavy (non-hydrogen) atoms. The zero-order valence-electron chi connectivity index (χ0n) is 15.7.